The molecule has 1 fully saturated rings. The van der Waals surface area contributed by atoms with Crippen molar-refractivity contribution in [2.24, 2.45) is 16.2 Å². The molecule has 13 heteroatoms. The number of rotatable bonds is 23. The zero-order chi connectivity index (χ0) is 35.8. The Morgan fingerprint density at radius 3 is 1.61 bits per heavy atom. The quantitative estimate of drug-likeness (QED) is 0.0338. The first-order valence-electron chi connectivity index (χ1n) is 17.0. The van der Waals surface area contributed by atoms with E-state index >= 15 is 0 Å². The minimum atomic E-state index is -3.01. The lowest BCUT2D eigenvalue weighted by atomic mass is 9.71. The maximum Gasteiger partial charge on any atom is 0.469 e. The molecule has 270 valence electrons. The fourth-order valence-corrected chi connectivity index (χ4v) is 19.7. The second kappa shape index (κ2) is 16.7. The van der Waals surface area contributed by atoms with E-state index in [0.717, 1.165) is 0 Å². The third kappa shape index (κ3) is 15.6. The van der Waals surface area contributed by atoms with Gasteiger partial charge in [0.1, 0.15) is 12.7 Å². The Hall–Kier alpha value is -0.812. The Morgan fingerprint density at radius 1 is 0.761 bits per heavy atom. The van der Waals surface area contributed by atoms with Crippen LogP contribution in [0.5, 0.6) is 0 Å². The number of hydrogen-bond acceptors (Lipinski definition) is 9. The summed E-state index contributed by atoms with van der Waals surface area (Å²) in [5.41, 5.74) is -1.86. The molecular formula is C33H68O9Si4. The van der Waals surface area contributed by atoms with E-state index in [9.17, 15) is 9.59 Å². The molecule has 0 saturated carbocycles. The van der Waals surface area contributed by atoms with Gasteiger partial charge in [-0.3, -0.25) is 9.59 Å². The molecule has 3 atom stereocenters. The average Bonchev–Trinajstić information content (AvgIpc) is 3.72. The van der Waals surface area contributed by atoms with Crippen molar-refractivity contribution < 1.29 is 40.9 Å². The summed E-state index contributed by atoms with van der Waals surface area (Å²) < 4.78 is 42.7. The second-order valence-corrected chi connectivity index (χ2v) is 34.1. The van der Waals surface area contributed by atoms with Crippen LogP contribution < -0.4 is 0 Å². The number of allylic oxidation sites excluding steroid dienone is 1. The van der Waals surface area contributed by atoms with Gasteiger partial charge in [-0.2, -0.15) is 0 Å². The largest absolute Gasteiger partial charge is 0.501 e. The molecule has 1 rings (SSSR count). The van der Waals surface area contributed by atoms with Crippen LogP contribution in [0.2, 0.25) is 65.0 Å². The second-order valence-electron chi connectivity index (χ2n) is 17.1. The molecule has 0 N–H and O–H groups in total. The van der Waals surface area contributed by atoms with E-state index in [2.05, 4.69) is 79.3 Å². The van der Waals surface area contributed by atoms with Crippen molar-refractivity contribution >= 4 is 45.7 Å². The van der Waals surface area contributed by atoms with Gasteiger partial charge in [0.05, 0.1) is 36.9 Å². The Morgan fingerprint density at radius 2 is 1.20 bits per heavy atom. The number of epoxide rings is 1. The highest BCUT2D eigenvalue weighted by Crippen LogP contribution is 2.42. The van der Waals surface area contributed by atoms with Gasteiger partial charge in [-0.05, 0) is 111 Å². The molecule has 1 aliphatic rings. The fourth-order valence-electron chi connectivity index (χ4n) is 5.06. The molecule has 3 unspecified atom stereocenters. The van der Waals surface area contributed by atoms with E-state index in [0.29, 0.717) is 56.9 Å². The normalized spacial score (nSPS) is 18.7. The monoisotopic (exact) mass is 720 g/mol. The first kappa shape index (κ1) is 43.2. The minimum Gasteiger partial charge on any atom is -0.501 e. The Kier molecular flexibility index (Phi) is 15.7. The predicted molar refractivity (Wildman–Crippen MR) is 195 cm³/mol. The third-order valence-electron chi connectivity index (χ3n) is 8.35. The van der Waals surface area contributed by atoms with Crippen LogP contribution in [0.15, 0.2) is 12.3 Å². The Bertz CT molecular complexity index is 971. The van der Waals surface area contributed by atoms with E-state index in [1.54, 1.807) is 7.11 Å². The van der Waals surface area contributed by atoms with Crippen molar-refractivity contribution in [3.05, 3.63) is 12.3 Å². The molecule has 46 heavy (non-hydrogen) atoms. The summed E-state index contributed by atoms with van der Waals surface area (Å²) in [5.74, 6) is 0.160. The van der Waals surface area contributed by atoms with Gasteiger partial charge >= 0.3 is 20.7 Å². The van der Waals surface area contributed by atoms with Crippen LogP contribution in [-0.2, 0) is 40.9 Å². The van der Waals surface area contributed by atoms with Gasteiger partial charge in [0.2, 0.25) is 0 Å². The molecule has 0 amide bonds. The van der Waals surface area contributed by atoms with Crippen molar-refractivity contribution in [3.63, 3.8) is 0 Å². The lowest BCUT2D eigenvalue weighted by Gasteiger charge is -2.43. The molecule has 0 aliphatic carbocycles. The smallest absolute Gasteiger partial charge is 0.469 e. The zero-order valence-corrected chi connectivity index (χ0v) is 36.0. The third-order valence-corrected chi connectivity index (χ3v) is 20.4. The number of hydrogen-bond donors (Lipinski definition) is 0. The molecule has 1 saturated heterocycles. The molecule has 0 aromatic carbocycles. The number of ether oxygens (including phenoxy) is 4. The number of carbonyl (C=O) groups is 2. The highest BCUT2D eigenvalue weighted by Gasteiger charge is 2.50. The van der Waals surface area contributed by atoms with E-state index in [-0.39, 0.29) is 36.7 Å². The molecule has 0 aromatic rings. The molecule has 0 radical (unpaired) electrons. The summed E-state index contributed by atoms with van der Waals surface area (Å²) in [7, 11) is -7.37. The van der Waals surface area contributed by atoms with Crippen LogP contribution in [0.3, 0.4) is 0 Å². The van der Waals surface area contributed by atoms with Crippen LogP contribution in [0, 0.1) is 16.2 Å². The summed E-state index contributed by atoms with van der Waals surface area (Å²) in [6.45, 7) is 34.7. The Labute approximate surface area is 285 Å². The van der Waals surface area contributed by atoms with Crippen LogP contribution in [0.25, 0.3) is 0 Å². The zero-order valence-electron chi connectivity index (χ0n) is 32.0. The van der Waals surface area contributed by atoms with Crippen molar-refractivity contribution in [2.75, 3.05) is 26.9 Å². The van der Waals surface area contributed by atoms with E-state index < -0.39 is 44.6 Å². The van der Waals surface area contributed by atoms with Gasteiger partial charge in [0.15, 0.2) is 25.0 Å². The first-order chi connectivity index (χ1) is 20.7. The van der Waals surface area contributed by atoms with Crippen LogP contribution >= 0.6 is 0 Å². The highest BCUT2D eigenvalue weighted by molar-refractivity contribution is 6.90. The average molecular weight is 721 g/mol. The maximum absolute atomic E-state index is 13.6. The first-order valence-corrected chi connectivity index (χ1v) is 29.2. The van der Waals surface area contributed by atoms with Gasteiger partial charge in [0, 0.05) is 11.5 Å². The Balaban J connectivity index is 3.03. The minimum absolute atomic E-state index is 0.0148. The lowest BCUT2D eigenvalue weighted by Crippen LogP contribution is -2.60. The number of carbonyl (C=O) groups excluding carboxylic acids is 2. The van der Waals surface area contributed by atoms with Gasteiger partial charge < -0.3 is 31.3 Å². The maximum atomic E-state index is 13.6. The highest BCUT2D eigenvalue weighted by atomic mass is 28.5. The molecular weight excluding hydrogens is 653 g/mol. The van der Waals surface area contributed by atoms with E-state index in [1.165, 1.54) is 0 Å². The molecule has 1 heterocycles. The summed E-state index contributed by atoms with van der Waals surface area (Å²) in [6, 6.07) is 0.610. The summed E-state index contributed by atoms with van der Waals surface area (Å²) >= 11 is 0. The standard InChI is InChI=1S/C33H68O9Si4/c1-17-32(5,21-22-33(6,30(35)39-26-28-25-38-28)20-19-31(3,4)27(2)36-7)29(34)37-23-18-24-46(40-43(8,9)10,41-44(11,12)13)42-45(14,15)16/h28H,2,17-26H2,1,3-16H3. The van der Waals surface area contributed by atoms with Gasteiger partial charge in [-0.15, -0.1) is 0 Å². The van der Waals surface area contributed by atoms with E-state index in [1.807, 2.05) is 20.8 Å². The van der Waals surface area contributed by atoms with Crippen molar-refractivity contribution in [2.45, 2.75) is 144 Å². The summed E-state index contributed by atoms with van der Waals surface area (Å²) in [6.07, 6.45) is 3.41. The van der Waals surface area contributed by atoms with Crippen molar-refractivity contribution in [1.82, 2.24) is 0 Å². The summed E-state index contributed by atoms with van der Waals surface area (Å²) in [5, 5.41) is 0. The predicted octanol–water partition coefficient (Wildman–Crippen LogP) is 8.52. The van der Waals surface area contributed by atoms with Crippen molar-refractivity contribution in [3.8, 4) is 0 Å². The topological polar surface area (TPSA) is 102 Å². The van der Waals surface area contributed by atoms with Crippen LogP contribution in [-0.4, -0.2) is 78.7 Å². The van der Waals surface area contributed by atoms with Crippen LogP contribution in [0.4, 0.5) is 0 Å². The van der Waals surface area contributed by atoms with Crippen molar-refractivity contribution in [1.29, 1.82) is 0 Å². The van der Waals surface area contributed by atoms with Crippen LogP contribution in [0.1, 0.15) is 73.1 Å². The molecule has 0 bridgehead atoms. The van der Waals surface area contributed by atoms with E-state index in [4.69, 9.17) is 31.3 Å². The fraction of sp³-hybridized carbons (Fsp3) is 0.879. The molecule has 0 spiro atoms. The van der Waals surface area contributed by atoms with Gasteiger partial charge in [-0.1, -0.05) is 27.4 Å². The number of esters is 2. The molecule has 9 nitrogen and oxygen atoms in total. The molecule has 0 aromatic heterocycles. The molecule has 1 aliphatic heterocycles. The summed E-state index contributed by atoms with van der Waals surface area (Å²) in [4.78, 5) is 27.1. The number of methoxy groups -OCH3 is 1. The lowest BCUT2D eigenvalue weighted by molar-refractivity contribution is -0.161. The van der Waals surface area contributed by atoms with Gasteiger partial charge in [-0.25, -0.2) is 0 Å². The van der Waals surface area contributed by atoms with Gasteiger partial charge in [0.25, 0.3) is 0 Å². The SMILES string of the molecule is C=C(OC)C(C)(C)CCC(C)(CCC(C)(CC)C(=O)OCCC[Si](O[Si](C)(C)C)(O[Si](C)(C)C)O[Si](C)(C)C)C(=O)OCC1CO1.